The van der Waals surface area contributed by atoms with Crippen LogP contribution in [0.15, 0.2) is 102 Å². The predicted molar refractivity (Wildman–Crippen MR) is 126 cm³/mol. The highest BCUT2D eigenvalue weighted by atomic mass is 16.1. The third-order valence-electron chi connectivity index (χ3n) is 5.54. The van der Waals surface area contributed by atoms with Gasteiger partial charge < -0.3 is 11.1 Å². The number of hydrogen-bond acceptors (Lipinski definition) is 2. The van der Waals surface area contributed by atoms with Crippen LogP contribution >= 0.6 is 0 Å². The Morgan fingerprint density at radius 1 is 0.774 bits per heavy atom. The van der Waals surface area contributed by atoms with Crippen molar-refractivity contribution in [3.8, 4) is 11.1 Å². The highest BCUT2D eigenvalue weighted by molar-refractivity contribution is 6.07. The summed E-state index contributed by atoms with van der Waals surface area (Å²) in [5, 5.41) is 3.01. The Morgan fingerprint density at radius 2 is 1.48 bits per heavy atom. The summed E-state index contributed by atoms with van der Waals surface area (Å²) in [5.41, 5.74) is 13.8. The number of nitrogens with zero attached hydrogens (tertiary/aromatic N) is 1. The van der Waals surface area contributed by atoms with Crippen LogP contribution in [0.25, 0.3) is 11.1 Å². The van der Waals surface area contributed by atoms with Gasteiger partial charge in [0.25, 0.3) is 5.91 Å². The van der Waals surface area contributed by atoms with Gasteiger partial charge >= 0.3 is 0 Å². The Labute approximate surface area is 181 Å². The van der Waals surface area contributed by atoms with Gasteiger partial charge in [0, 0.05) is 16.8 Å². The molecule has 0 saturated heterocycles. The summed E-state index contributed by atoms with van der Waals surface area (Å²) in [7, 11) is 0. The van der Waals surface area contributed by atoms with E-state index in [1.807, 2.05) is 78.9 Å². The molecule has 31 heavy (non-hydrogen) atoms. The summed E-state index contributed by atoms with van der Waals surface area (Å²) in [6.07, 6.45) is 0.779. The van der Waals surface area contributed by atoms with Crippen molar-refractivity contribution in [1.82, 2.24) is 0 Å². The summed E-state index contributed by atoms with van der Waals surface area (Å²) in [5.74, 6) is 0.349. The van der Waals surface area contributed by atoms with Crippen molar-refractivity contribution in [3.05, 3.63) is 119 Å². The normalized spacial score (nSPS) is 12.2. The van der Waals surface area contributed by atoms with Crippen molar-refractivity contribution in [2.24, 2.45) is 10.7 Å². The highest BCUT2D eigenvalue weighted by Gasteiger charge is 2.23. The number of amides is 1. The Kier molecular flexibility index (Phi) is 4.81. The van der Waals surface area contributed by atoms with E-state index in [9.17, 15) is 4.79 Å². The van der Waals surface area contributed by atoms with E-state index in [0.29, 0.717) is 11.4 Å². The summed E-state index contributed by atoms with van der Waals surface area (Å²) in [6.45, 7) is 0. The summed E-state index contributed by atoms with van der Waals surface area (Å²) < 4.78 is 0. The first-order chi connectivity index (χ1) is 15.2. The number of nitrogens with two attached hydrogens (primary N) is 1. The van der Waals surface area contributed by atoms with Crippen molar-refractivity contribution in [2.45, 2.75) is 6.42 Å². The first-order valence-corrected chi connectivity index (χ1v) is 10.2. The molecule has 0 radical (unpaired) electrons. The third kappa shape index (κ3) is 3.71. The number of nitrogens with one attached hydrogen (secondary N) is 1. The van der Waals surface area contributed by atoms with E-state index in [0.717, 1.165) is 34.5 Å². The molecule has 4 nitrogen and oxygen atoms in total. The quantitative estimate of drug-likeness (QED) is 0.305. The maximum Gasteiger partial charge on any atom is 0.255 e. The fraction of sp³-hybridized carbons (Fsp3) is 0.0370. The number of carbonyl (C=O) groups is 1. The summed E-state index contributed by atoms with van der Waals surface area (Å²) in [6, 6.07) is 31.2. The van der Waals surface area contributed by atoms with Crippen LogP contribution in [0.1, 0.15) is 27.0 Å². The first-order valence-electron chi connectivity index (χ1n) is 10.2. The van der Waals surface area contributed by atoms with Crippen LogP contribution in [0.4, 0.5) is 11.4 Å². The topological polar surface area (TPSA) is 67.5 Å². The first kappa shape index (κ1) is 18.8. The molecule has 0 bridgehead atoms. The Bertz CT molecular complexity index is 1290. The SMILES string of the molecule is NC(=Nc1ccc(NC(=O)c2cccc3c2Cc2ccccc2-3)cc1)c1ccccc1. The minimum atomic E-state index is -0.107. The lowest BCUT2D eigenvalue weighted by Gasteiger charge is -2.10. The average molecular weight is 403 g/mol. The second-order valence-corrected chi connectivity index (χ2v) is 7.53. The largest absolute Gasteiger partial charge is 0.383 e. The van der Waals surface area contributed by atoms with Gasteiger partial charge in [-0.3, -0.25) is 4.79 Å². The van der Waals surface area contributed by atoms with Gasteiger partial charge in [-0.1, -0.05) is 66.7 Å². The molecule has 0 aromatic heterocycles. The van der Waals surface area contributed by atoms with Gasteiger partial charge in [0.2, 0.25) is 0 Å². The van der Waals surface area contributed by atoms with Crippen molar-refractivity contribution >= 4 is 23.1 Å². The molecule has 0 spiro atoms. The molecule has 0 fully saturated rings. The zero-order valence-corrected chi connectivity index (χ0v) is 16.9. The number of anilines is 1. The Morgan fingerprint density at radius 3 is 2.29 bits per heavy atom. The smallest absolute Gasteiger partial charge is 0.255 e. The van der Waals surface area contributed by atoms with Crippen LogP contribution < -0.4 is 11.1 Å². The second-order valence-electron chi connectivity index (χ2n) is 7.53. The summed E-state index contributed by atoms with van der Waals surface area (Å²) >= 11 is 0. The number of aliphatic imine (C=N–C) groups is 1. The van der Waals surface area contributed by atoms with Gasteiger partial charge in [0.15, 0.2) is 0 Å². The van der Waals surface area contributed by atoms with Gasteiger partial charge in [-0.05, 0) is 59.0 Å². The van der Waals surface area contributed by atoms with Gasteiger partial charge in [-0.2, -0.15) is 0 Å². The van der Waals surface area contributed by atoms with E-state index in [4.69, 9.17) is 5.73 Å². The van der Waals surface area contributed by atoms with Crippen molar-refractivity contribution in [2.75, 3.05) is 5.32 Å². The average Bonchev–Trinajstić information content (AvgIpc) is 3.20. The number of fused-ring (bicyclic) bond motifs is 3. The Hall–Kier alpha value is -4.18. The lowest BCUT2D eigenvalue weighted by Crippen LogP contribution is -2.14. The molecule has 0 unspecified atom stereocenters. The fourth-order valence-corrected chi connectivity index (χ4v) is 4.00. The minimum Gasteiger partial charge on any atom is -0.383 e. The molecule has 5 rings (SSSR count). The molecule has 0 heterocycles. The molecule has 0 atom stereocenters. The summed E-state index contributed by atoms with van der Waals surface area (Å²) in [4.78, 5) is 17.5. The third-order valence-corrected chi connectivity index (χ3v) is 5.54. The van der Waals surface area contributed by atoms with E-state index in [1.165, 1.54) is 11.1 Å². The van der Waals surface area contributed by atoms with Crippen LogP contribution in [0.3, 0.4) is 0 Å². The molecule has 0 aliphatic heterocycles. The predicted octanol–water partition coefficient (Wildman–Crippen LogP) is 5.55. The number of benzene rings is 4. The van der Waals surface area contributed by atoms with Crippen molar-refractivity contribution in [3.63, 3.8) is 0 Å². The molecule has 1 amide bonds. The molecular formula is C27H21N3O. The van der Waals surface area contributed by atoms with E-state index in [-0.39, 0.29) is 5.91 Å². The second kappa shape index (κ2) is 7.92. The van der Waals surface area contributed by atoms with Crippen LogP contribution in [-0.2, 0) is 6.42 Å². The number of rotatable bonds is 4. The van der Waals surface area contributed by atoms with Crippen molar-refractivity contribution in [1.29, 1.82) is 0 Å². The van der Waals surface area contributed by atoms with Gasteiger partial charge in [0.1, 0.15) is 5.84 Å². The van der Waals surface area contributed by atoms with Crippen LogP contribution in [0.2, 0.25) is 0 Å². The van der Waals surface area contributed by atoms with E-state index < -0.39 is 0 Å². The standard InChI is InChI=1S/C27H21N3O/c28-26(18-7-2-1-3-8-18)29-20-13-15-21(16-14-20)30-27(31)24-12-6-11-23-22-10-5-4-9-19(22)17-25(23)24/h1-16H,17H2,(H2,28,29)(H,30,31). The molecule has 1 aliphatic rings. The zero-order chi connectivity index (χ0) is 21.2. The fourth-order valence-electron chi connectivity index (χ4n) is 4.00. The lowest BCUT2D eigenvalue weighted by molar-refractivity contribution is 0.102. The molecule has 4 aromatic rings. The van der Waals surface area contributed by atoms with Crippen molar-refractivity contribution < 1.29 is 4.79 Å². The molecule has 4 heteroatoms. The monoisotopic (exact) mass is 403 g/mol. The molecule has 1 aliphatic carbocycles. The van der Waals surface area contributed by atoms with E-state index in [2.05, 4.69) is 28.5 Å². The maximum atomic E-state index is 13.0. The number of amidine groups is 1. The van der Waals surface area contributed by atoms with Crippen LogP contribution in [-0.4, -0.2) is 11.7 Å². The zero-order valence-electron chi connectivity index (χ0n) is 16.9. The molecule has 4 aromatic carbocycles. The van der Waals surface area contributed by atoms with Gasteiger partial charge in [-0.15, -0.1) is 0 Å². The van der Waals surface area contributed by atoms with Crippen LogP contribution in [0.5, 0.6) is 0 Å². The van der Waals surface area contributed by atoms with Gasteiger partial charge in [-0.25, -0.2) is 4.99 Å². The maximum absolute atomic E-state index is 13.0. The molecular weight excluding hydrogens is 382 g/mol. The molecule has 3 N–H and O–H groups in total. The van der Waals surface area contributed by atoms with Crippen LogP contribution in [0, 0.1) is 0 Å². The number of hydrogen-bond donors (Lipinski definition) is 2. The minimum absolute atomic E-state index is 0.107. The van der Waals surface area contributed by atoms with Gasteiger partial charge in [0.05, 0.1) is 5.69 Å². The molecule has 0 saturated carbocycles. The lowest BCUT2D eigenvalue weighted by atomic mass is 10.0. The highest BCUT2D eigenvalue weighted by Crippen LogP contribution is 2.38. The number of carbonyl (C=O) groups excluding carboxylic acids is 1. The Balaban J connectivity index is 1.34. The van der Waals surface area contributed by atoms with E-state index >= 15 is 0 Å². The molecule has 150 valence electrons. The van der Waals surface area contributed by atoms with E-state index in [1.54, 1.807) is 0 Å².